The van der Waals surface area contributed by atoms with Crippen molar-refractivity contribution in [2.75, 3.05) is 5.32 Å². The van der Waals surface area contributed by atoms with Gasteiger partial charge in [-0.15, -0.1) is 0 Å². The largest absolute Gasteiger partial charge is 0.389 e. The molecule has 1 amide bonds. The average Bonchev–Trinajstić information content (AvgIpc) is 2.43. The van der Waals surface area contributed by atoms with Crippen LogP contribution in [0.2, 0.25) is 5.02 Å². The third-order valence-electron chi connectivity index (χ3n) is 2.68. The maximum Gasteiger partial charge on any atom is 0.255 e. The maximum atomic E-state index is 12.3. The smallest absolute Gasteiger partial charge is 0.255 e. The van der Waals surface area contributed by atoms with Crippen molar-refractivity contribution in [3.05, 3.63) is 61.5 Å². The van der Waals surface area contributed by atoms with Crippen molar-refractivity contribution in [1.29, 1.82) is 0 Å². The summed E-state index contributed by atoms with van der Waals surface area (Å²) in [5, 5.41) is 3.33. The summed E-state index contributed by atoms with van der Waals surface area (Å²) < 4.78 is 1.49. The number of amides is 1. The van der Waals surface area contributed by atoms with E-state index in [-0.39, 0.29) is 10.9 Å². The molecule has 0 bridgehead atoms. The van der Waals surface area contributed by atoms with Gasteiger partial charge in [-0.2, -0.15) is 0 Å². The van der Waals surface area contributed by atoms with Crippen LogP contribution in [-0.4, -0.2) is 10.9 Å². The molecular weight excluding hydrogens is 439 g/mol. The number of rotatable bonds is 3. The molecule has 0 aliphatic carbocycles. The molecule has 0 saturated heterocycles. The minimum Gasteiger partial charge on any atom is -0.389 e. The number of anilines is 1. The van der Waals surface area contributed by atoms with Gasteiger partial charge in [-0.05, 0) is 52.3 Å². The van der Waals surface area contributed by atoms with E-state index >= 15 is 0 Å². The monoisotopic (exact) mass is 446 g/mol. The van der Waals surface area contributed by atoms with E-state index in [2.05, 4.69) is 37.2 Å². The lowest BCUT2D eigenvalue weighted by Crippen LogP contribution is -2.17. The number of hydrogen-bond acceptors (Lipinski definition) is 2. The number of benzene rings is 2. The molecular formula is C14H9Br2ClN2OS. The van der Waals surface area contributed by atoms with Crippen LogP contribution in [0.3, 0.4) is 0 Å². The quantitative estimate of drug-likeness (QED) is 0.666. The van der Waals surface area contributed by atoms with Crippen molar-refractivity contribution in [3.8, 4) is 0 Å². The Labute approximate surface area is 149 Å². The highest BCUT2D eigenvalue weighted by atomic mass is 79.9. The van der Waals surface area contributed by atoms with Gasteiger partial charge in [0.05, 0.1) is 10.7 Å². The van der Waals surface area contributed by atoms with E-state index in [4.69, 9.17) is 29.6 Å². The van der Waals surface area contributed by atoms with Gasteiger partial charge >= 0.3 is 0 Å². The highest BCUT2D eigenvalue weighted by Gasteiger charge is 2.12. The lowest BCUT2D eigenvalue weighted by Gasteiger charge is -2.11. The van der Waals surface area contributed by atoms with Gasteiger partial charge in [0.15, 0.2) is 0 Å². The Morgan fingerprint density at radius 2 is 1.90 bits per heavy atom. The Morgan fingerprint density at radius 1 is 1.19 bits per heavy atom. The number of carbonyl (C=O) groups is 1. The second kappa shape index (κ2) is 6.87. The number of halogens is 3. The van der Waals surface area contributed by atoms with Crippen LogP contribution in [-0.2, 0) is 0 Å². The number of nitrogens with two attached hydrogens (primary N) is 1. The van der Waals surface area contributed by atoms with Gasteiger partial charge < -0.3 is 11.1 Å². The zero-order valence-corrected chi connectivity index (χ0v) is 15.2. The third-order valence-corrected chi connectivity index (χ3v) is 4.60. The summed E-state index contributed by atoms with van der Waals surface area (Å²) in [6, 6.07) is 10.2. The first-order chi connectivity index (χ1) is 9.88. The summed E-state index contributed by atoms with van der Waals surface area (Å²) >= 11 is 17.5. The van der Waals surface area contributed by atoms with Crippen LogP contribution in [0.25, 0.3) is 0 Å². The van der Waals surface area contributed by atoms with Gasteiger partial charge in [0, 0.05) is 20.1 Å². The Balaban J connectivity index is 2.31. The van der Waals surface area contributed by atoms with Crippen LogP contribution < -0.4 is 11.1 Å². The summed E-state index contributed by atoms with van der Waals surface area (Å²) in [5.74, 6) is -0.271. The average molecular weight is 449 g/mol. The predicted octanol–water partition coefficient (Wildman–Crippen LogP) is 4.75. The highest BCUT2D eigenvalue weighted by molar-refractivity contribution is 9.10. The summed E-state index contributed by atoms with van der Waals surface area (Å²) in [5.41, 5.74) is 7.31. The second-order valence-corrected chi connectivity index (χ2v) is 6.75. The predicted molar refractivity (Wildman–Crippen MR) is 97.1 cm³/mol. The fourth-order valence-electron chi connectivity index (χ4n) is 1.66. The fourth-order valence-corrected chi connectivity index (χ4v) is 2.69. The van der Waals surface area contributed by atoms with Crippen LogP contribution in [0.5, 0.6) is 0 Å². The van der Waals surface area contributed by atoms with E-state index in [1.54, 1.807) is 36.4 Å². The number of carbonyl (C=O) groups excluding carboxylic acids is 1. The molecule has 0 aromatic heterocycles. The molecule has 0 aliphatic rings. The molecule has 0 aliphatic heterocycles. The van der Waals surface area contributed by atoms with Crippen LogP contribution in [0.4, 0.5) is 5.69 Å². The first kappa shape index (κ1) is 16.4. The minimum absolute atomic E-state index is 0.212. The lowest BCUT2D eigenvalue weighted by atomic mass is 10.1. The molecule has 2 aromatic carbocycles. The van der Waals surface area contributed by atoms with Crippen molar-refractivity contribution >= 4 is 72.3 Å². The summed E-state index contributed by atoms with van der Waals surface area (Å²) in [6.45, 7) is 0. The molecule has 0 fully saturated rings. The lowest BCUT2D eigenvalue weighted by molar-refractivity contribution is 0.102. The summed E-state index contributed by atoms with van der Waals surface area (Å²) in [6.07, 6.45) is 0. The third kappa shape index (κ3) is 4.03. The molecule has 0 heterocycles. The standard InChI is InChI=1S/C14H9Br2ClN2OS/c15-8-2-4-12(9(6-8)13(18)21)19-14(20)7-1-3-11(17)10(16)5-7/h1-6H,(H2,18,21)(H,19,20). The normalized spacial score (nSPS) is 10.2. The molecule has 2 aromatic rings. The molecule has 0 spiro atoms. The molecule has 0 unspecified atom stereocenters. The van der Waals surface area contributed by atoms with Gasteiger partial charge in [-0.3, -0.25) is 4.79 Å². The first-order valence-electron chi connectivity index (χ1n) is 5.74. The van der Waals surface area contributed by atoms with E-state index in [0.29, 0.717) is 26.3 Å². The van der Waals surface area contributed by atoms with Gasteiger partial charge in [0.2, 0.25) is 0 Å². The zero-order valence-electron chi connectivity index (χ0n) is 10.5. The van der Waals surface area contributed by atoms with Crippen molar-refractivity contribution in [1.82, 2.24) is 0 Å². The van der Waals surface area contributed by atoms with E-state index < -0.39 is 0 Å². The van der Waals surface area contributed by atoms with E-state index in [9.17, 15) is 4.79 Å². The Bertz CT molecular complexity index is 737. The SMILES string of the molecule is NC(=S)c1cc(Br)ccc1NC(=O)c1ccc(Cl)c(Br)c1. The molecule has 7 heteroatoms. The topological polar surface area (TPSA) is 55.1 Å². The minimum atomic E-state index is -0.271. The highest BCUT2D eigenvalue weighted by Crippen LogP contribution is 2.25. The van der Waals surface area contributed by atoms with Crippen molar-refractivity contribution < 1.29 is 4.79 Å². The van der Waals surface area contributed by atoms with Gasteiger partial charge in [-0.25, -0.2) is 0 Å². The van der Waals surface area contributed by atoms with Crippen LogP contribution in [0.15, 0.2) is 45.3 Å². The van der Waals surface area contributed by atoms with E-state index in [1.165, 1.54) is 0 Å². The molecule has 3 nitrogen and oxygen atoms in total. The molecule has 2 rings (SSSR count). The summed E-state index contributed by atoms with van der Waals surface area (Å²) in [7, 11) is 0. The maximum absolute atomic E-state index is 12.3. The zero-order chi connectivity index (χ0) is 15.6. The van der Waals surface area contributed by atoms with Crippen LogP contribution >= 0.6 is 55.7 Å². The molecule has 21 heavy (non-hydrogen) atoms. The van der Waals surface area contributed by atoms with Crippen molar-refractivity contribution in [2.24, 2.45) is 5.73 Å². The first-order valence-corrected chi connectivity index (χ1v) is 8.11. The molecule has 0 atom stereocenters. The van der Waals surface area contributed by atoms with E-state index in [0.717, 1.165) is 4.47 Å². The molecule has 0 radical (unpaired) electrons. The fraction of sp³-hybridized carbons (Fsp3) is 0. The van der Waals surface area contributed by atoms with E-state index in [1.807, 2.05) is 0 Å². The van der Waals surface area contributed by atoms with Crippen LogP contribution in [0.1, 0.15) is 15.9 Å². The van der Waals surface area contributed by atoms with Crippen molar-refractivity contribution in [2.45, 2.75) is 0 Å². The van der Waals surface area contributed by atoms with Gasteiger partial charge in [0.1, 0.15) is 4.99 Å². The Morgan fingerprint density at radius 3 is 2.52 bits per heavy atom. The van der Waals surface area contributed by atoms with Crippen molar-refractivity contribution in [3.63, 3.8) is 0 Å². The molecule has 3 N–H and O–H groups in total. The Kier molecular flexibility index (Phi) is 5.37. The number of nitrogens with one attached hydrogen (secondary N) is 1. The number of thiocarbonyl (C=S) groups is 1. The second-order valence-electron chi connectivity index (χ2n) is 4.14. The van der Waals surface area contributed by atoms with Gasteiger partial charge in [-0.1, -0.05) is 39.7 Å². The van der Waals surface area contributed by atoms with Gasteiger partial charge in [0.25, 0.3) is 5.91 Å². The Hall–Kier alpha value is -0.950. The molecule has 0 saturated carbocycles. The molecule has 108 valence electrons. The number of hydrogen-bond donors (Lipinski definition) is 2. The summed E-state index contributed by atoms with van der Waals surface area (Å²) in [4.78, 5) is 12.5. The van der Waals surface area contributed by atoms with Crippen LogP contribution in [0, 0.1) is 0 Å².